The largest absolute Gasteiger partial charge is 0.388 e. The van der Waals surface area contributed by atoms with Crippen LogP contribution in [0.25, 0.3) is 0 Å². The summed E-state index contributed by atoms with van der Waals surface area (Å²) in [6.07, 6.45) is 1.79. The smallest absolute Gasteiger partial charge is 0.318 e. The molecule has 5 nitrogen and oxygen atoms in total. The predicted octanol–water partition coefficient (Wildman–Crippen LogP) is 2.51. The van der Waals surface area contributed by atoms with Crippen molar-refractivity contribution in [2.24, 2.45) is 0 Å². The maximum Gasteiger partial charge on any atom is 0.318 e. The van der Waals surface area contributed by atoms with Crippen molar-refractivity contribution < 1.29 is 9.90 Å². The van der Waals surface area contributed by atoms with Gasteiger partial charge in [0.2, 0.25) is 0 Å². The van der Waals surface area contributed by atoms with Gasteiger partial charge in [-0.2, -0.15) is 0 Å². The molecule has 1 saturated heterocycles. The molecule has 1 aromatic carbocycles. The number of carbonyl (C=O) groups is 1. The summed E-state index contributed by atoms with van der Waals surface area (Å²) in [4.78, 5) is 16.3. The zero-order valence-corrected chi connectivity index (χ0v) is 14.9. The van der Waals surface area contributed by atoms with Crippen molar-refractivity contribution in [2.45, 2.75) is 51.8 Å². The third-order valence-electron chi connectivity index (χ3n) is 4.48. The lowest BCUT2D eigenvalue weighted by Crippen LogP contribution is -2.51. The SMILES string of the molecule is Cc1ccc(CNC(=O)N2CCC[C@@H]2C(C)(C)O)c(N(C)C)c1. The van der Waals surface area contributed by atoms with E-state index >= 15 is 0 Å². The zero-order chi connectivity index (χ0) is 17.2. The van der Waals surface area contributed by atoms with Gasteiger partial charge in [0, 0.05) is 32.9 Å². The van der Waals surface area contributed by atoms with Gasteiger partial charge < -0.3 is 20.2 Å². The van der Waals surface area contributed by atoms with Crippen LogP contribution in [0.4, 0.5) is 10.5 Å². The molecule has 1 aliphatic rings. The minimum Gasteiger partial charge on any atom is -0.388 e. The number of nitrogens with one attached hydrogen (secondary N) is 1. The average molecular weight is 319 g/mol. The molecule has 0 radical (unpaired) electrons. The van der Waals surface area contributed by atoms with Crippen LogP contribution in [-0.2, 0) is 6.54 Å². The van der Waals surface area contributed by atoms with Crippen LogP contribution < -0.4 is 10.2 Å². The Bertz CT molecular complexity index is 564. The molecule has 0 bridgehead atoms. The molecule has 0 saturated carbocycles. The van der Waals surface area contributed by atoms with Crippen molar-refractivity contribution in [1.29, 1.82) is 0 Å². The molecule has 5 heteroatoms. The number of nitrogens with zero attached hydrogens (tertiary/aromatic N) is 2. The summed E-state index contributed by atoms with van der Waals surface area (Å²) in [5.41, 5.74) is 2.54. The molecule has 0 spiro atoms. The quantitative estimate of drug-likeness (QED) is 0.896. The monoisotopic (exact) mass is 319 g/mol. The minimum atomic E-state index is -0.869. The summed E-state index contributed by atoms with van der Waals surface area (Å²) >= 11 is 0. The molecule has 2 N–H and O–H groups in total. The molecule has 1 aliphatic heterocycles. The van der Waals surface area contributed by atoms with Gasteiger partial charge in [-0.25, -0.2) is 4.79 Å². The van der Waals surface area contributed by atoms with Gasteiger partial charge in [0.1, 0.15) is 0 Å². The molecular weight excluding hydrogens is 290 g/mol. The van der Waals surface area contributed by atoms with Crippen LogP contribution >= 0.6 is 0 Å². The van der Waals surface area contributed by atoms with E-state index in [0.29, 0.717) is 13.1 Å². The van der Waals surface area contributed by atoms with E-state index in [1.165, 1.54) is 5.56 Å². The summed E-state index contributed by atoms with van der Waals surface area (Å²) in [6, 6.07) is 6.03. The predicted molar refractivity (Wildman–Crippen MR) is 93.8 cm³/mol. The van der Waals surface area contributed by atoms with E-state index in [1.807, 2.05) is 14.1 Å². The molecule has 1 heterocycles. The number of carbonyl (C=O) groups excluding carboxylic acids is 1. The van der Waals surface area contributed by atoms with Gasteiger partial charge in [0.25, 0.3) is 0 Å². The highest BCUT2D eigenvalue weighted by Gasteiger charge is 2.38. The second-order valence-electron chi connectivity index (χ2n) is 7.19. The highest BCUT2D eigenvalue weighted by atomic mass is 16.3. The lowest BCUT2D eigenvalue weighted by atomic mass is 9.97. The van der Waals surface area contributed by atoms with Crippen LogP contribution in [0.1, 0.15) is 37.8 Å². The number of anilines is 1. The number of urea groups is 1. The topological polar surface area (TPSA) is 55.8 Å². The number of aliphatic hydroxyl groups is 1. The minimum absolute atomic E-state index is 0.0973. The van der Waals surface area contributed by atoms with Crippen LogP contribution in [-0.4, -0.2) is 48.3 Å². The summed E-state index contributed by atoms with van der Waals surface area (Å²) in [6.45, 7) is 6.80. The van der Waals surface area contributed by atoms with E-state index in [1.54, 1.807) is 18.7 Å². The number of benzene rings is 1. The van der Waals surface area contributed by atoms with Gasteiger partial charge in [0.15, 0.2) is 0 Å². The molecule has 0 unspecified atom stereocenters. The summed E-state index contributed by atoms with van der Waals surface area (Å²) in [5, 5.41) is 13.2. The molecule has 0 aliphatic carbocycles. The van der Waals surface area contributed by atoms with Gasteiger partial charge >= 0.3 is 6.03 Å². The number of likely N-dealkylation sites (tertiary alicyclic amines) is 1. The molecule has 1 atom stereocenters. The van der Waals surface area contributed by atoms with E-state index in [9.17, 15) is 9.90 Å². The fourth-order valence-corrected chi connectivity index (χ4v) is 3.26. The fraction of sp³-hybridized carbons (Fsp3) is 0.611. The Morgan fingerprint density at radius 2 is 2.13 bits per heavy atom. The van der Waals surface area contributed by atoms with Crippen molar-refractivity contribution in [3.8, 4) is 0 Å². The van der Waals surface area contributed by atoms with Crippen LogP contribution in [0.15, 0.2) is 18.2 Å². The molecule has 1 aromatic rings. The Hall–Kier alpha value is -1.75. The average Bonchev–Trinajstić information content (AvgIpc) is 2.95. The zero-order valence-electron chi connectivity index (χ0n) is 14.9. The van der Waals surface area contributed by atoms with Gasteiger partial charge in [0.05, 0.1) is 11.6 Å². The van der Waals surface area contributed by atoms with Crippen LogP contribution in [0.5, 0.6) is 0 Å². The van der Waals surface area contributed by atoms with Gasteiger partial charge in [-0.15, -0.1) is 0 Å². The van der Waals surface area contributed by atoms with Crippen LogP contribution in [0, 0.1) is 6.92 Å². The van der Waals surface area contributed by atoms with E-state index < -0.39 is 5.60 Å². The highest BCUT2D eigenvalue weighted by Crippen LogP contribution is 2.27. The summed E-state index contributed by atoms with van der Waals surface area (Å²) < 4.78 is 0. The second-order valence-corrected chi connectivity index (χ2v) is 7.19. The molecule has 1 fully saturated rings. The lowest BCUT2D eigenvalue weighted by molar-refractivity contribution is 0.00979. The van der Waals surface area contributed by atoms with Gasteiger partial charge in [-0.1, -0.05) is 12.1 Å². The third-order valence-corrected chi connectivity index (χ3v) is 4.48. The second kappa shape index (κ2) is 6.79. The normalized spacial score (nSPS) is 18.2. The molecular formula is C18H29N3O2. The van der Waals surface area contributed by atoms with Crippen molar-refractivity contribution in [1.82, 2.24) is 10.2 Å². The number of hydrogen-bond acceptors (Lipinski definition) is 3. The van der Waals surface area contributed by atoms with E-state index in [4.69, 9.17) is 0 Å². The van der Waals surface area contributed by atoms with Crippen molar-refractivity contribution >= 4 is 11.7 Å². The van der Waals surface area contributed by atoms with Gasteiger partial charge in [-0.05, 0) is 50.8 Å². The third kappa shape index (κ3) is 4.16. The van der Waals surface area contributed by atoms with Gasteiger partial charge in [-0.3, -0.25) is 0 Å². The Morgan fingerprint density at radius 1 is 1.43 bits per heavy atom. The first kappa shape index (κ1) is 17.6. The molecule has 2 rings (SSSR count). The van der Waals surface area contributed by atoms with Crippen molar-refractivity contribution in [3.05, 3.63) is 29.3 Å². The number of amides is 2. The summed E-state index contributed by atoms with van der Waals surface area (Å²) in [5.74, 6) is 0. The Kier molecular flexibility index (Phi) is 5.19. The van der Waals surface area contributed by atoms with Crippen LogP contribution in [0.2, 0.25) is 0 Å². The first-order valence-electron chi connectivity index (χ1n) is 8.24. The van der Waals surface area contributed by atoms with E-state index in [2.05, 4.69) is 35.3 Å². The molecule has 2 amide bonds. The van der Waals surface area contributed by atoms with Crippen molar-refractivity contribution in [2.75, 3.05) is 25.5 Å². The highest BCUT2D eigenvalue weighted by molar-refractivity contribution is 5.75. The molecule has 128 valence electrons. The van der Waals surface area contributed by atoms with E-state index in [0.717, 1.165) is 24.1 Å². The maximum absolute atomic E-state index is 12.5. The Balaban J connectivity index is 2.05. The first-order valence-corrected chi connectivity index (χ1v) is 8.24. The number of aryl methyl sites for hydroxylation is 1. The van der Waals surface area contributed by atoms with E-state index in [-0.39, 0.29) is 12.1 Å². The van der Waals surface area contributed by atoms with Crippen LogP contribution in [0.3, 0.4) is 0 Å². The Morgan fingerprint density at radius 3 is 2.74 bits per heavy atom. The Labute approximate surface area is 139 Å². The van der Waals surface area contributed by atoms with Crippen molar-refractivity contribution in [3.63, 3.8) is 0 Å². The maximum atomic E-state index is 12.5. The lowest BCUT2D eigenvalue weighted by Gasteiger charge is -2.33. The summed E-state index contributed by atoms with van der Waals surface area (Å²) in [7, 11) is 4.01. The fourth-order valence-electron chi connectivity index (χ4n) is 3.26. The number of rotatable bonds is 4. The number of hydrogen-bond donors (Lipinski definition) is 2. The molecule has 0 aromatic heterocycles. The standard InChI is InChI=1S/C18H29N3O2/c1-13-8-9-14(15(11-13)20(4)5)12-19-17(22)21-10-6-7-16(21)18(2,3)23/h8-9,11,16,23H,6-7,10,12H2,1-5H3,(H,19,22)/t16-/m1/s1. The first-order chi connectivity index (χ1) is 10.7. The molecule has 23 heavy (non-hydrogen) atoms.